The van der Waals surface area contributed by atoms with Gasteiger partial charge in [0.15, 0.2) is 6.29 Å². The lowest BCUT2D eigenvalue weighted by molar-refractivity contribution is -0.385. The molecule has 0 heterocycles. The van der Waals surface area contributed by atoms with E-state index >= 15 is 0 Å². The first-order chi connectivity index (χ1) is 9.10. The summed E-state index contributed by atoms with van der Waals surface area (Å²) in [7, 11) is 0. The van der Waals surface area contributed by atoms with E-state index in [9.17, 15) is 14.9 Å². The van der Waals surface area contributed by atoms with Gasteiger partial charge in [0.2, 0.25) is 0 Å². The Labute approximate surface area is 116 Å². The van der Waals surface area contributed by atoms with E-state index in [1.807, 2.05) is 0 Å². The number of nitro benzene ring substituents is 1. The molecule has 0 spiro atoms. The van der Waals surface area contributed by atoms with E-state index in [4.69, 9.17) is 0 Å². The highest BCUT2D eigenvalue weighted by Crippen LogP contribution is 2.37. The molecule has 0 N–H and O–H groups in total. The maximum Gasteiger partial charge on any atom is 0.279 e. The fourth-order valence-electron chi connectivity index (χ4n) is 2.54. The first-order valence-corrected chi connectivity index (χ1v) is 7.38. The average molecular weight is 279 g/mol. The van der Waals surface area contributed by atoms with Crippen LogP contribution in [0, 0.1) is 16.0 Å². The van der Waals surface area contributed by atoms with E-state index in [1.54, 1.807) is 23.9 Å². The SMILES string of the molecule is CC1CCCC(Sc2ccc([N+](=O)[O-])c(C=O)c2)C1. The molecule has 102 valence electrons. The van der Waals surface area contributed by atoms with E-state index < -0.39 is 4.92 Å². The summed E-state index contributed by atoms with van der Waals surface area (Å²) in [6.45, 7) is 2.26. The molecule has 0 bridgehead atoms. The number of carbonyl (C=O) groups excluding carboxylic acids is 1. The minimum absolute atomic E-state index is 0.114. The second-order valence-electron chi connectivity index (χ2n) is 5.11. The first-order valence-electron chi connectivity index (χ1n) is 6.50. The van der Waals surface area contributed by atoms with Gasteiger partial charge in [-0.05, 0) is 30.9 Å². The molecule has 4 nitrogen and oxygen atoms in total. The summed E-state index contributed by atoms with van der Waals surface area (Å²) in [6, 6.07) is 4.81. The smallest absolute Gasteiger partial charge is 0.279 e. The van der Waals surface area contributed by atoms with E-state index in [0.717, 1.165) is 10.8 Å². The largest absolute Gasteiger partial charge is 0.298 e. The van der Waals surface area contributed by atoms with Crippen LogP contribution in [0.3, 0.4) is 0 Å². The van der Waals surface area contributed by atoms with Crippen LogP contribution >= 0.6 is 11.8 Å². The molecule has 1 aromatic rings. The van der Waals surface area contributed by atoms with Crippen LogP contribution in [0.2, 0.25) is 0 Å². The molecule has 0 aromatic heterocycles. The number of rotatable bonds is 4. The Balaban J connectivity index is 2.12. The monoisotopic (exact) mass is 279 g/mol. The quantitative estimate of drug-likeness (QED) is 0.473. The fraction of sp³-hybridized carbons (Fsp3) is 0.500. The molecule has 1 aromatic carbocycles. The van der Waals surface area contributed by atoms with Gasteiger partial charge in [0.05, 0.1) is 10.5 Å². The summed E-state index contributed by atoms with van der Waals surface area (Å²) in [5.74, 6) is 0.745. The minimum atomic E-state index is -0.513. The Morgan fingerprint density at radius 1 is 1.42 bits per heavy atom. The number of carbonyl (C=O) groups is 1. The van der Waals surface area contributed by atoms with Crippen molar-refractivity contribution in [2.75, 3.05) is 0 Å². The predicted molar refractivity (Wildman–Crippen MR) is 75.8 cm³/mol. The minimum Gasteiger partial charge on any atom is -0.298 e. The van der Waals surface area contributed by atoms with Crippen LogP contribution in [0.25, 0.3) is 0 Å². The zero-order valence-electron chi connectivity index (χ0n) is 10.9. The number of hydrogen-bond acceptors (Lipinski definition) is 4. The van der Waals surface area contributed by atoms with Gasteiger partial charge in [0.25, 0.3) is 5.69 Å². The van der Waals surface area contributed by atoms with Gasteiger partial charge in [0, 0.05) is 16.2 Å². The number of hydrogen-bond donors (Lipinski definition) is 0. The van der Waals surface area contributed by atoms with Crippen LogP contribution in [-0.4, -0.2) is 16.5 Å². The van der Waals surface area contributed by atoms with Gasteiger partial charge in [-0.15, -0.1) is 11.8 Å². The molecule has 1 aliphatic carbocycles. The normalized spacial score (nSPS) is 23.0. The topological polar surface area (TPSA) is 60.2 Å². The average Bonchev–Trinajstić information content (AvgIpc) is 2.38. The molecule has 0 aliphatic heterocycles. The summed E-state index contributed by atoms with van der Waals surface area (Å²) < 4.78 is 0. The summed E-state index contributed by atoms with van der Waals surface area (Å²) in [6.07, 6.45) is 5.45. The van der Waals surface area contributed by atoms with Gasteiger partial charge in [-0.25, -0.2) is 0 Å². The highest BCUT2D eigenvalue weighted by atomic mass is 32.2. The zero-order chi connectivity index (χ0) is 13.8. The van der Waals surface area contributed by atoms with Crippen LogP contribution in [0.4, 0.5) is 5.69 Å². The van der Waals surface area contributed by atoms with Crippen molar-refractivity contribution >= 4 is 23.7 Å². The van der Waals surface area contributed by atoms with Gasteiger partial charge in [-0.1, -0.05) is 19.8 Å². The third-order valence-corrected chi connectivity index (χ3v) is 4.80. The third-order valence-electron chi connectivity index (χ3n) is 3.51. The van der Waals surface area contributed by atoms with Crippen molar-refractivity contribution < 1.29 is 9.72 Å². The highest BCUT2D eigenvalue weighted by Gasteiger charge is 2.21. The van der Waals surface area contributed by atoms with Crippen LogP contribution < -0.4 is 0 Å². The number of benzene rings is 1. The van der Waals surface area contributed by atoms with Crippen molar-refractivity contribution in [2.24, 2.45) is 5.92 Å². The van der Waals surface area contributed by atoms with Crippen molar-refractivity contribution in [3.63, 3.8) is 0 Å². The molecule has 1 fully saturated rings. The standard InChI is InChI=1S/C14H17NO3S/c1-10-3-2-4-12(7-10)19-13-5-6-14(15(17)18)11(8-13)9-16/h5-6,8-10,12H,2-4,7H2,1H3. The van der Waals surface area contributed by atoms with Gasteiger partial charge in [-0.2, -0.15) is 0 Å². The number of thioether (sulfide) groups is 1. The molecular formula is C14H17NO3S. The Hall–Kier alpha value is -1.36. The van der Waals surface area contributed by atoms with Crippen molar-refractivity contribution in [1.29, 1.82) is 0 Å². The molecule has 1 aliphatic rings. The van der Waals surface area contributed by atoms with E-state index in [2.05, 4.69) is 6.92 Å². The lowest BCUT2D eigenvalue weighted by Crippen LogP contribution is -2.14. The maximum absolute atomic E-state index is 10.9. The Morgan fingerprint density at radius 2 is 2.21 bits per heavy atom. The van der Waals surface area contributed by atoms with E-state index in [0.29, 0.717) is 11.5 Å². The van der Waals surface area contributed by atoms with Gasteiger partial charge >= 0.3 is 0 Å². The molecule has 2 rings (SSSR count). The summed E-state index contributed by atoms with van der Waals surface area (Å²) in [4.78, 5) is 22.1. The molecule has 2 unspecified atom stereocenters. The molecular weight excluding hydrogens is 262 g/mol. The lowest BCUT2D eigenvalue weighted by atomic mass is 9.91. The molecule has 2 atom stereocenters. The van der Waals surface area contributed by atoms with Gasteiger partial charge in [0.1, 0.15) is 0 Å². The Morgan fingerprint density at radius 3 is 2.84 bits per heavy atom. The third kappa shape index (κ3) is 3.56. The molecule has 5 heteroatoms. The van der Waals surface area contributed by atoms with E-state index in [-0.39, 0.29) is 11.3 Å². The molecule has 19 heavy (non-hydrogen) atoms. The first kappa shape index (κ1) is 14.1. The van der Waals surface area contributed by atoms with Crippen LogP contribution in [0.5, 0.6) is 0 Å². The maximum atomic E-state index is 10.9. The van der Waals surface area contributed by atoms with Crippen molar-refractivity contribution in [2.45, 2.75) is 42.8 Å². The molecule has 1 saturated carbocycles. The van der Waals surface area contributed by atoms with Crippen molar-refractivity contribution in [3.8, 4) is 0 Å². The van der Waals surface area contributed by atoms with Crippen LogP contribution in [0.15, 0.2) is 23.1 Å². The molecule has 0 amide bonds. The van der Waals surface area contributed by atoms with Gasteiger partial charge < -0.3 is 0 Å². The Bertz CT molecular complexity index is 490. The fourth-order valence-corrected chi connectivity index (χ4v) is 3.98. The summed E-state index contributed by atoms with van der Waals surface area (Å²) in [5.41, 5.74) is 0.0511. The highest BCUT2D eigenvalue weighted by molar-refractivity contribution is 8.00. The number of nitrogens with zero attached hydrogens (tertiary/aromatic N) is 1. The zero-order valence-corrected chi connectivity index (χ0v) is 11.7. The molecule has 0 saturated heterocycles. The van der Waals surface area contributed by atoms with Crippen LogP contribution in [0.1, 0.15) is 43.0 Å². The summed E-state index contributed by atoms with van der Waals surface area (Å²) >= 11 is 1.74. The van der Waals surface area contributed by atoms with Gasteiger partial charge in [-0.3, -0.25) is 14.9 Å². The van der Waals surface area contributed by atoms with Crippen molar-refractivity contribution in [3.05, 3.63) is 33.9 Å². The number of nitro groups is 1. The van der Waals surface area contributed by atoms with Crippen LogP contribution in [-0.2, 0) is 0 Å². The lowest BCUT2D eigenvalue weighted by Gasteiger charge is -2.26. The predicted octanol–water partition coefficient (Wildman–Crippen LogP) is 4.08. The van der Waals surface area contributed by atoms with E-state index in [1.165, 1.54) is 31.7 Å². The van der Waals surface area contributed by atoms with Crippen molar-refractivity contribution in [1.82, 2.24) is 0 Å². The summed E-state index contributed by atoms with van der Waals surface area (Å²) in [5, 5.41) is 11.3. The molecule has 0 radical (unpaired) electrons. The second kappa shape index (κ2) is 6.19. The second-order valence-corrected chi connectivity index (χ2v) is 6.48. The number of aldehydes is 1. The Kier molecular flexibility index (Phi) is 4.58.